The zero-order valence-corrected chi connectivity index (χ0v) is 21.7. The Bertz CT molecular complexity index is 1590. The Labute approximate surface area is 226 Å². The first-order valence-corrected chi connectivity index (χ1v) is 12.4. The maximum absolute atomic E-state index is 14.3. The van der Waals surface area contributed by atoms with Crippen LogP contribution in [0.5, 0.6) is 17.2 Å². The molecule has 1 saturated heterocycles. The van der Waals surface area contributed by atoms with Gasteiger partial charge in [0.25, 0.3) is 0 Å². The summed E-state index contributed by atoms with van der Waals surface area (Å²) in [4.78, 5) is 17.6. The first kappa shape index (κ1) is 27.3. The molecule has 0 bridgehead atoms. The topological polar surface area (TPSA) is 75.4 Å². The molecule has 1 fully saturated rings. The highest BCUT2D eigenvalue weighted by Gasteiger charge is 2.40. The molecule has 0 atom stereocenters. The fourth-order valence-corrected chi connectivity index (χ4v) is 4.95. The van der Waals surface area contributed by atoms with E-state index >= 15 is 0 Å². The number of ether oxygens (including phenoxy) is 2. The van der Waals surface area contributed by atoms with Crippen LogP contribution >= 0.6 is 0 Å². The predicted molar refractivity (Wildman–Crippen MR) is 142 cm³/mol. The number of aromatic hydroxyl groups is 1. The van der Waals surface area contributed by atoms with Crippen molar-refractivity contribution in [3.05, 3.63) is 82.0 Å². The normalized spacial score (nSPS) is 14.5. The summed E-state index contributed by atoms with van der Waals surface area (Å²) in [6, 6.07) is 12.7. The minimum absolute atomic E-state index is 0.0489. The van der Waals surface area contributed by atoms with E-state index in [1.165, 1.54) is 56.7 Å². The van der Waals surface area contributed by atoms with E-state index in [1.54, 1.807) is 12.1 Å². The van der Waals surface area contributed by atoms with E-state index in [9.17, 15) is 27.5 Å². The third-order valence-electron chi connectivity index (χ3n) is 7.01. The highest BCUT2D eigenvalue weighted by Crippen LogP contribution is 2.41. The highest BCUT2D eigenvalue weighted by molar-refractivity contribution is 5.87. The maximum atomic E-state index is 14.3. The van der Waals surface area contributed by atoms with E-state index < -0.39 is 22.9 Å². The molecule has 7 nitrogen and oxygen atoms in total. The van der Waals surface area contributed by atoms with Crippen LogP contribution in [0.2, 0.25) is 0 Å². The van der Waals surface area contributed by atoms with Gasteiger partial charge in [-0.2, -0.15) is 13.2 Å². The first-order chi connectivity index (χ1) is 19.1. The number of phenols is 1. The second-order valence-electron chi connectivity index (χ2n) is 9.38. The Kier molecular flexibility index (Phi) is 7.33. The number of phenolic OH excluding ortho intramolecular Hbond substituents is 1. The average Bonchev–Trinajstić information content (AvgIpc) is 2.94. The van der Waals surface area contributed by atoms with Crippen molar-refractivity contribution in [3.8, 4) is 28.4 Å². The van der Waals surface area contributed by atoms with Gasteiger partial charge in [-0.25, -0.2) is 4.39 Å². The van der Waals surface area contributed by atoms with Crippen LogP contribution in [0.25, 0.3) is 22.1 Å². The van der Waals surface area contributed by atoms with Crippen molar-refractivity contribution in [2.24, 2.45) is 0 Å². The van der Waals surface area contributed by atoms with Crippen LogP contribution < -0.4 is 19.8 Å². The molecule has 3 aromatic carbocycles. The van der Waals surface area contributed by atoms with Gasteiger partial charge in [-0.15, -0.1) is 0 Å². The summed E-state index contributed by atoms with van der Waals surface area (Å²) in [6.07, 6.45) is -5.00. The molecule has 1 aliphatic rings. The third-order valence-corrected chi connectivity index (χ3v) is 7.01. The Morgan fingerprint density at radius 3 is 2.23 bits per heavy atom. The zero-order chi connectivity index (χ0) is 28.6. The lowest BCUT2D eigenvalue weighted by molar-refractivity contribution is -0.152. The highest BCUT2D eigenvalue weighted by atomic mass is 19.4. The van der Waals surface area contributed by atoms with Gasteiger partial charge in [0.2, 0.25) is 11.2 Å². The molecule has 1 aromatic heterocycles. The van der Waals surface area contributed by atoms with E-state index in [-0.39, 0.29) is 51.7 Å². The van der Waals surface area contributed by atoms with Crippen molar-refractivity contribution in [2.75, 3.05) is 45.3 Å². The lowest BCUT2D eigenvalue weighted by atomic mass is 9.99. The molecule has 1 aliphatic heterocycles. The van der Waals surface area contributed by atoms with Crippen LogP contribution in [-0.2, 0) is 12.7 Å². The summed E-state index contributed by atoms with van der Waals surface area (Å²) < 4.78 is 72.0. The fraction of sp³-hybridized carbons (Fsp3) is 0.276. The largest absolute Gasteiger partial charge is 0.507 e. The van der Waals surface area contributed by atoms with Crippen molar-refractivity contribution >= 4 is 16.7 Å². The molecule has 0 aliphatic carbocycles. The quantitative estimate of drug-likeness (QED) is 0.306. The summed E-state index contributed by atoms with van der Waals surface area (Å²) in [5.41, 5.74) is -0.963. The predicted octanol–water partition coefficient (Wildman–Crippen LogP) is 5.66. The molecule has 4 aromatic rings. The molecule has 40 heavy (non-hydrogen) atoms. The van der Waals surface area contributed by atoms with Crippen LogP contribution in [0, 0.1) is 5.82 Å². The summed E-state index contributed by atoms with van der Waals surface area (Å²) in [5.74, 6) is -1.63. The number of anilines is 1. The van der Waals surface area contributed by atoms with Gasteiger partial charge in [0.15, 0.2) is 11.5 Å². The zero-order valence-electron chi connectivity index (χ0n) is 21.7. The van der Waals surface area contributed by atoms with Crippen LogP contribution in [0.3, 0.4) is 0 Å². The Morgan fingerprint density at radius 1 is 0.925 bits per heavy atom. The van der Waals surface area contributed by atoms with E-state index in [0.29, 0.717) is 26.2 Å². The molecule has 1 N–H and O–H groups in total. The van der Waals surface area contributed by atoms with Gasteiger partial charge in [0.1, 0.15) is 17.1 Å². The third kappa shape index (κ3) is 5.16. The number of hydrogen-bond acceptors (Lipinski definition) is 7. The van der Waals surface area contributed by atoms with Gasteiger partial charge in [0.05, 0.1) is 30.7 Å². The van der Waals surface area contributed by atoms with E-state index in [4.69, 9.17) is 13.9 Å². The van der Waals surface area contributed by atoms with Gasteiger partial charge >= 0.3 is 6.18 Å². The number of alkyl halides is 3. The Hall–Kier alpha value is -4.25. The Balaban J connectivity index is 1.53. The number of halogens is 4. The number of benzene rings is 3. The van der Waals surface area contributed by atoms with Crippen LogP contribution in [0.1, 0.15) is 11.3 Å². The lowest BCUT2D eigenvalue weighted by Gasteiger charge is -2.36. The molecule has 0 unspecified atom stereocenters. The van der Waals surface area contributed by atoms with E-state index in [1.807, 2.05) is 4.90 Å². The number of nitrogens with zero attached hydrogens (tertiary/aromatic N) is 2. The average molecular weight is 559 g/mol. The molecule has 0 amide bonds. The fourth-order valence-electron chi connectivity index (χ4n) is 4.95. The summed E-state index contributed by atoms with van der Waals surface area (Å²) in [7, 11) is 2.73. The minimum atomic E-state index is -5.00. The second kappa shape index (κ2) is 10.7. The standard InChI is InChI=1S/C29H26F4N2O5/c1-38-23-10-3-17(15-24(23)39-2)25-26(37)20-8-9-22(36)21(27(20)40-28(25)29(31,32)33)16-34-11-13-35(14-12-34)19-6-4-18(30)5-7-19/h3-10,15,36H,11-14,16H2,1-2H3. The Morgan fingerprint density at radius 2 is 1.60 bits per heavy atom. The summed E-state index contributed by atoms with van der Waals surface area (Å²) in [6.45, 7) is 2.27. The van der Waals surface area contributed by atoms with Gasteiger partial charge < -0.3 is 23.9 Å². The monoisotopic (exact) mass is 558 g/mol. The molecule has 0 spiro atoms. The van der Waals surface area contributed by atoms with Crippen molar-refractivity contribution in [1.82, 2.24) is 4.90 Å². The minimum Gasteiger partial charge on any atom is -0.507 e. The molecule has 0 saturated carbocycles. The maximum Gasteiger partial charge on any atom is 0.450 e. The number of hydrogen-bond donors (Lipinski definition) is 1. The summed E-state index contributed by atoms with van der Waals surface area (Å²) >= 11 is 0. The molecule has 210 valence electrons. The number of piperazine rings is 1. The number of fused-ring (bicyclic) bond motifs is 1. The van der Waals surface area contributed by atoms with Gasteiger partial charge in [-0.3, -0.25) is 9.69 Å². The smallest absolute Gasteiger partial charge is 0.450 e. The molecule has 5 rings (SSSR count). The second-order valence-corrected chi connectivity index (χ2v) is 9.38. The number of methoxy groups -OCH3 is 2. The summed E-state index contributed by atoms with van der Waals surface area (Å²) in [5, 5.41) is 10.6. The van der Waals surface area contributed by atoms with Gasteiger partial charge in [0, 0.05) is 38.4 Å². The van der Waals surface area contributed by atoms with E-state index in [0.717, 1.165) is 5.69 Å². The van der Waals surface area contributed by atoms with Gasteiger partial charge in [-0.1, -0.05) is 6.07 Å². The van der Waals surface area contributed by atoms with Crippen molar-refractivity contribution in [2.45, 2.75) is 12.7 Å². The van der Waals surface area contributed by atoms with E-state index in [2.05, 4.69) is 4.90 Å². The van der Waals surface area contributed by atoms with Crippen molar-refractivity contribution in [1.29, 1.82) is 0 Å². The lowest BCUT2D eigenvalue weighted by Crippen LogP contribution is -2.46. The number of rotatable bonds is 6. The molecule has 11 heteroatoms. The van der Waals surface area contributed by atoms with Crippen molar-refractivity contribution < 1.29 is 36.6 Å². The van der Waals surface area contributed by atoms with Crippen molar-refractivity contribution in [3.63, 3.8) is 0 Å². The molecule has 0 radical (unpaired) electrons. The first-order valence-electron chi connectivity index (χ1n) is 12.4. The molecular formula is C29H26F4N2O5. The SMILES string of the molecule is COc1ccc(-c2c(C(F)(F)F)oc3c(CN4CCN(c5ccc(F)cc5)CC4)c(O)ccc3c2=O)cc1OC. The van der Waals surface area contributed by atoms with Crippen LogP contribution in [0.15, 0.2) is 63.8 Å². The molecule has 2 heterocycles. The molecular weight excluding hydrogens is 532 g/mol. The van der Waals surface area contributed by atoms with Crippen LogP contribution in [0.4, 0.5) is 23.2 Å². The van der Waals surface area contributed by atoms with Crippen LogP contribution in [-0.4, -0.2) is 50.4 Å². The van der Waals surface area contributed by atoms with Gasteiger partial charge in [-0.05, 0) is 54.1 Å².